The Balaban J connectivity index is 1.91. The number of hydrogen-bond donors (Lipinski definition) is 3. The first kappa shape index (κ1) is 19.1. The number of amides is 2. The number of hydrogen-bond acceptors (Lipinski definition) is 3. The minimum absolute atomic E-state index is 0.0286. The molecule has 2 amide bonds. The second-order valence-electron chi connectivity index (χ2n) is 5.97. The smallest absolute Gasteiger partial charge is 0.275 e. The zero-order valence-corrected chi connectivity index (χ0v) is 15.6. The maximum atomic E-state index is 12.1. The van der Waals surface area contributed by atoms with Crippen molar-refractivity contribution in [3.8, 4) is 0 Å². The third-order valence-electron chi connectivity index (χ3n) is 3.84. The zero-order chi connectivity index (χ0) is 18.1. The van der Waals surface area contributed by atoms with E-state index in [0.29, 0.717) is 6.54 Å². The number of nitrogens with two attached hydrogens (primary N) is 1. The van der Waals surface area contributed by atoms with Crippen LogP contribution in [0.2, 0.25) is 0 Å². The van der Waals surface area contributed by atoms with Crippen LogP contribution in [-0.2, 0) is 9.59 Å². The first-order valence-corrected chi connectivity index (χ1v) is 9.44. The van der Waals surface area contributed by atoms with E-state index in [1.807, 2.05) is 23.7 Å². The summed E-state index contributed by atoms with van der Waals surface area (Å²) < 4.78 is 0. The molecule has 1 aromatic carbocycles. The molecule has 0 radical (unpaired) electrons. The van der Waals surface area contributed by atoms with Crippen LogP contribution in [0.5, 0.6) is 0 Å². The SMILES string of the molecule is CCCNC(=O)CNC(=O)C[NH2+][C@H](c1ccc(C)cc1)c1cccs1. The molecular weight excluding hydrogens is 334 g/mol. The summed E-state index contributed by atoms with van der Waals surface area (Å²) in [6.45, 7) is 4.99. The fraction of sp³-hybridized carbons (Fsp3) is 0.368. The van der Waals surface area contributed by atoms with Crippen molar-refractivity contribution in [1.82, 2.24) is 10.6 Å². The van der Waals surface area contributed by atoms with Gasteiger partial charge in [-0.15, -0.1) is 11.3 Å². The predicted molar refractivity (Wildman–Crippen MR) is 100 cm³/mol. The molecule has 1 atom stereocenters. The molecule has 4 N–H and O–H groups in total. The summed E-state index contributed by atoms with van der Waals surface area (Å²) in [4.78, 5) is 24.8. The molecule has 0 aliphatic heterocycles. The lowest BCUT2D eigenvalue weighted by atomic mass is 10.0. The topological polar surface area (TPSA) is 74.8 Å². The molecule has 6 heteroatoms. The van der Waals surface area contributed by atoms with Crippen LogP contribution in [0, 0.1) is 6.92 Å². The van der Waals surface area contributed by atoms with Gasteiger partial charge in [0, 0.05) is 12.1 Å². The number of quaternary nitrogens is 1. The highest BCUT2D eigenvalue weighted by Crippen LogP contribution is 2.22. The molecule has 0 saturated carbocycles. The summed E-state index contributed by atoms with van der Waals surface area (Å²) in [5, 5.41) is 9.47. The van der Waals surface area contributed by atoms with E-state index < -0.39 is 0 Å². The summed E-state index contributed by atoms with van der Waals surface area (Å²) >= 11 is 1.68. The van der Waals surface area contributed by atoms with Crippen molar-refractivity contribution in [2.75, 3.05) is 19.6 Å². The maximum absolute atomic E-state index is 12.1. The third kappa shape index (κ3) is 6.32. The molecule has 2 rings (SSSR count). The van der Waals surface area contributed by atoms with Crippen LogP contribution in [-0.4, -0.2) is 31.4 Å². The Kier molecular flexibility index (Phi) is 7.63. The average Bonchev–Trinajstić information content (AvgIpc) is 3.14. The van der Waals surface area contributed by atoms with Crippen LogP contribution in [0.3, 0.4) is 0 Å². The van der Waals surface area contributed by atoms with Crippen molar-refractivity contribution in [3.63, 3.8) is 0 Å². The van der Waals surface area contributed by atoms with Gasteiger partial charge in [-0.05, 0) is 24.8 Å². The highest BCUT2D eigenvalue weighted by atomic mass is 32.1. The first-order valence-electron chi connectivity index (χ1n) is 8.57. The van der Waals surface area contributed by atoms with E-state index in [4.69, 9.17) is 0 Å². The number of benzene rings is 1. The number of rotatable bonds is 9. The Hall–Kier alpha value is -2.18. The Morgan fingerprint density at radius 3 is 2.52 bits per heavy atom. The van der Waals surface area contributed by atoms with Gasteiger partial charge in [0.15, 0.2) is 6.54 Å². The van der Waals surface area contributed by atoms with E-state index in [-0.39, 0.29) is 30.9 Å². The quantitative estimate of drug-likeness (QED) is 0.631. The Labute approximate surface area is 152 Å². The number of carbonyl (C=O) groups excluding carboxylic acids is 2. The van der Waals surface area contributed by atoms with Gasteiger partial charge in [-0.2, -0.15) is 0 Å². The second kappa shape index (κ2) is 9.96. The fourth-order valence-electron chi connectivity index (χ4n) is 2.46. The van der Waals surface area contributed by atoms with Gasteiger partial charge in [0.25, 0.3) is 5.91 Å². The summed E-state index contributed by atoms with van der Waals surface area (Å²) in [5.74, 6) is -0.288. The van der Waals surface area contributed by atoms with Crippen LogP contribution in [0.1, 0.15) is 35.4 Å². The molecule has 1 aromatic heterocycles. The van der Waals surface area contributed by atoms with Gasteiger partial charge in [0.05, 0.1) is 11.4 Å². The van der Waals surface area contributed by atoms with Crippen LogP contribution in [0.15, 0.2) is 41.8 Å². The van der Waals surface area contributed by atoms with Gasteiger partial charge in [-0.25, -0.2) is 0 Å². The van der Waals surface area contributed by atoms with E-state index >= 15 is 0 Å². The van der Waals surface area contributed by atoms with Crippen molar-refractivity contribution in [3.05, 3.63) is 57.8 Å². The molecule has 0 bridgehead atoms. The van der Waals surface area contributed by atoms with Crippen molar-refractivity contribution in [2.24, 2.45) is 0 Å². The minimum atomic E-state index is -0.149. The molecule has 5 nitrogen and oxygen atoms in total. The second-order valence-corrected chi connectivity index (χ2v) is 6.95. The van der Waals surface area contributed by atoms with Crippen molar-refractivity contribution >= 4 is 23.2 Å². The molecule has 0 fully saturated rings. The van der Waals surface area contributed by atoms with E-state index in [9.17, 15) is 9.59 Å². The molecule has 0 aliphatic rings. The Morgan fingerprint density at radius 2 is 1.88 bits per heavy atom. The molecule has 0 saturated heterocycles. The van der Waals surface area contributed by atoms with Crippen molar-refractivity contribution < 1.29 is 14.9 Å². The molecule has 2 aromatic rings. The lowest BCUT2D eigenvalue weighted by Crippen LogP contribution is -2.87. The van der Waals surface area contributed by atoms with Gasteiger partial charge in [0.1, 0.15) is 6.04 Å². The van der Waals surface area contributed by atoms with Crippen LogP contribution in [0.4, 0.5) is 0 Å². The number of thiophene rings is 1. The van der Waals surface area contributed by atoms with E-state index in [1.165, 1.54) is 16.0 Å². The first-order chi connectivity index (χ1) is 12.1. The van der Waals surface area contributed by atoms with Crippen molar-refractivity contribution in [1.29, 1.82) is 0 Å². The molecule has 1 heterocycles. The van der Waals surface area contributed by atoms with Crippen LogP contribution in [0.25, 0.3) is 0 Å². The lowest BCUT2D eigenvalue weighted by Gasteiger charge is -2.15. The summed E-state index contributed by atoms with van der Waals surface area (Å²) in [6, 6.07) is 12.6. The van der Waals surface area contributed by atoms with Gasteiger partial charge >= 0.3 is 0 Å². The third-order valence-corrected chi connectivity index (χ3v) is 4.80. The molecule has 134 valence electrons. The van der Waals surface area contributed by atoms with Crippen LogP contribution < -0.4 is 16.0 Å². The van der Waals surface area contributed by atoms with Gasteiger partial charge < -0.3 is 16.0 Å². The number of carbonyl (C=O) groups is 2. The molecule has 0 unspecified atom stereocenters. The normalized spacial score (nSPS) is 11.8. The fourth-order valence-corrected chi connectivity index (χ4v) is 3.31. The predicted octanol–water partition coefficient (Wildman–Crippen LogP) is 1.35. The largest absolute Gasteiger partial charge is 0.355 e. The summed E-state index contributed by atoms with van der Waals surface area (Å²) in [7, 11) is 0. The highest BCUT2D eigenvalue weighted by molar-refractivity contribution is 7.10. The highest BCUT2D eigenvalue weighted by Gasteiger charge is 2.20. The Morgan fingerprint density at radius 1 is 1.12 bits per heavy atom. The maximum Gasteiger partial charge on any atom is 0.275 e. The van der Waals surface area contributed by atoms with E-state index in [2.05, 4.69) is 47.9 Å². The lowest BCUT2D eigenvalue weighted by molar-refractivity contribution is -0.676. The number of aryl methyl sites for hydroxylation is 1. The average molecular weight is 361 g/mol. The molecular formula is C19H26N3O2S+. The Bertz CT molecular complexity index is 668. The van der Waals surface area contributed by atoms with Crippen molar-refractivity contribution in [2.45, 2.75) is 26.3 Å². The van der Waals surface area contributed by atoms with E-state index in [0.717, 1.165) is 6.42 Å². The van der Waals surface area contributed by atoms with Crippen LogP contribution >= 0.6 is 11.3 Å². The molecule has 0 spiro atoms. The number of nitrogens with one attached hydrogen (secondary N) is 2. The zero-order valence-electron chi connectivity index (χ0n) is 14.7. The summed E-state index contributed by atoms with van der Waals surface area (Å²) in [5.41, 5.74) is 2.38. The standard InChI is InChI=1S/C19H25N3O2S/c1-3-10-20-17(23)12-21-18(24)13-22-19(16-5-4-11-25-16)15-8-6-14(2)7-9-15/h4-9,11,19,22H,3,10,12-13H2,1-2H3,(H,20,23)(H,21,24)/p+1/t19-/m1/s1. The summed E-state index contributed by atoms with van der Waals surface area (Å²) in [6.07, 6.45) is 0.881. The van der Waals surface area contributed by atoms with Gasteiger partial charge in [-0.3, -0.25) is 9.59 Å². The molecule has 25 heavy (non-hydrogen) atoms. The van der Waals surface area contributed by atoms with Gasteiger partial charge in [-0.1, -0.05) is 42.8 Å². The molecule has 0 aliphatic carbocycles. The van der Waals surface area contributed by atoms with Gasteiger partial charge in [0.2, 0.25) is 5.91 Å². The monoisotopic (exact) mass is 360 g/mol. The van der Waals surface area contributed by atoms with E-state index in [1.54, 1.807) is 11.3 Å². The minimum Gasteiger partial charge on any atom is -0.355 e.